The van der Waals surface area contributed by atoms with Crippen molar-refractivity contribution in [2.45, 2.75) is 57.8 Å². The number of nitrogens with zero attached hydrogens (tertiary/aromatic N) is 4. The Kier molecular flexibility index (Phi) is 7.98. The van der Waals surface area contributed by atoms with Crippen LogP contribution in [0.1, 0.15) is 74.9 Å². The summed E-state index contributed by atoms with van der Waals surface area (Å²) in [5.74, 6) is 0.907. The van der Waals surface area contributed by atoms with Gasteiger partial charge in [0.15, 0.2) is 18.0 Å². The minimum atomic E-state index is -0.667. The molecular weight excluding hydrogens is 888 g/mol. The fourth-order valence-electron chi connectivity index (χ4n) is 10.4. The Morgan fingerprint density at radius 2 is 1.28 bits per heavy atom. The van der Waals surface area contributed by atoms with Gasteiger partial charge in [-0.1, -0.05) is 120 Å². The van der Waals surface area contributed by atoms with Crippen LogP contribution < -0.4 is 8.97 Å². The van der Waals surface area contributed by atoms with Crippen molar-refractivity contribution in [1.29, 1.82) is 0 Å². The molecule has 0 spiro atoms. The van der Waals surface area contributed by atoms with E-state index in [1.807, 2.05) is 6.20 Å². The van der Waals surface area contributed by atoms with E-state index in [-0.39, 0.29) is 31.9 Å². The van der Waals surface area contributed by atoms with E-state index in [0.29, 0.717) is 4.48 Å². The van der Waals surface area contributed by atoms with Gasteiger partial charge in [0, 0.05) is 56.0 Å². The summed E-state index contributed by atoms with van der Waals surface area (Å²) in [7, 11) is 2.35. The second-order valence-corrected chi connectivity index (χ2v) is 18.8. The molecule has 0 amide bonds. The van der Waals surface area contributed by atoms with Crippen LogP contribution in [-0.4, -0.2) is 23.3 Å². The molecule has 2 aromatic heterocycles. The smallest absolute Gasteiger partial charge is 0.179 e. The molecule has 5 heteroatoms. The number of fused-ring (bicyclic) bond motifs is 6. The zero-order valence-corrected chi connectivity index (χ0v) is 36.4. The molecule has 12 rings (SSSR count). The van der Waals surface area contributed by atoms with Gasteiger partial charge in [-0.15, -0.1) is 28.6 Å². The molecule has 2 bridgehead atoms. The zero-order valence-electron chi connectivity index (χ0n) is 34.2. The van der Waals surface area contributed by atoms with E-state index in [9.17, 15) is 0 Å². The average Bonchev–Trinajstić information content (AvgIpc) is 3.86. The molecule has 1 fully saturated rings. The topological polar surface area (TPSA) is 17.8 Å². The molecular formula is C53H47N4Pt-. The summed E-state index contributed by atoms with van der Waals surface area (Å²) >= 11 is 0. The fraction of sp³-hybridized carbons (Fsp3) is 0.208. The van der Waals surface area contributed by atoms with Crippen LogP contribution in [0.3, 0.4) is 0 Å². The molecule has 0 N–H and O–H groups in total. The third-order valence-corrected chi connectivity index (χ3v) is 13.2. The number of hydrogen-bond acceptors (Lipinski definition) is 1. The second-order valence-electron chi connectivity index (χ2n) is 18.8. The Labute approximate surface area is 356 Å². The summed E-state index contributed by atoms with van der Waals surface area (Å²) in [4.78, 5) is 5.01. The third-order valence-electron chi connectivity index (χ3n) is 13.2. The normalized spacial score (nSPS) is 20.0. The van der Waals surface area contributed by atoms with Crippen molar-refractivity contribution in [3.8, 4) is 16.9 Å². The summed E-state index contributed by atoms with van der Waals surface area (Å²) in [6.07, 6.45) is 1.95. The molecule has 2 atom stereocenters. The maximum absolute atomic E-state index is 5.01. The summed E-state index contributed by atoms with van der Waals surface area (Å²) < 4.78 is 3.84. The number of quaternary nitrogens is 2. The first-order valence-electron chi connectivity index (χ1n) is 20.2. The number of hydrogen-bond donors (Lipinski definition) is 0. The molecule has 8 aromatic rings. The van der Waals surface area contributed by atoms with Gasteiger partial charge < -0.3 is 13.5 Å². The maximum atomic E-state index is 5.01. The van der Waals surface area contributed by atoms with E-state index in [1.54, 1.807) is 0 Å². The third kappa shape index (κ3) is 4.95. The number of rotatable bonds is 4. The minimum Gasteiger partial charge on any atom is -0.325 e. The van der Waals surface area contributed by atoms with Crippen molar-refractivity contribution in [2.24, 2.45) is 0 Å². The predicted molar refractivity (Wildman–Crippen MR) is 236 cm³/mol. The Hall–Kier alpha value is -5.12. The SMILES string of the molecule is CC(C)(C)c1ccnc(-n2c3[c-]c(C4(c5[c-]c([N@@+]67[CH-][N@@+](C)(C6)c6cc(C(C)(C)C)ccc67)ccc5)c5ccccc5-c5ccccc54)ccc3c3ccccc32)c1.[Pt]. The first-order chi connectivity index (χ1) is 27.3. The Morgan fingerprint density at radius 1 is 0.638 bits per heavy atom. The van der Waals surface area contributed by atoms with Gasteiger partial charge in [0.25, 0.3) is 0 Å². The number of aromatic nitrogens is 2. The van der Waals surface area contributed by atoms with Gasteiger partial charge in [-0.25, -0.2) is 4.98 Å². The second kappa shape index (κ2) is 12.4. The van der Waals surface area contributed by atoms with Gasteiger partial charge in [0.2, 0.25) is 0 Å². The Balaban J connectivity index is 0.00000408. The van der Waals surface area contributed by atoms with Crippen LogP contribution in [0.4, 0.5) is 17.1 Å². The molecule has 0 unspecified atom stereocenters. The van der Waals surface area contributed by atoms with E-state index in [4.69, 9.17) is 4.98 Å². The van der Waals surface area contributed by atoms with Gasteiger partial charge >= 0.3 is 0 Å². The molecule has 4 nitrogen and oxygen atoms in total. The molecule has 5 heterocycles. The first kappa shape index (κ1) is 37.2. The van der Waals surface area contributed by atoms with E-state index in [0.717, 1.165) is 39.1 Å². The predicted octanol–water partition coefficient (Wildman–Crippen LogP) is 12.4. The molecule has 290 valence electrons. The maximum Gasteiger partial charge on any atom is 0.179 e. The molecule has 4 aliphatic rings. The van der Waals surface area contributed by atoms with E-state index in [1.165, 1.54) is 61.2 Å². The largest absolute Gasteiger partial charge is 0.325 e. The summed E-state index contributed by atoms with van der Waals surface area (Å²) in [5, 5.41) is 2.36. The van der Waals surface area contributed by atoms with Crippen LogP contribution in [0.5, 0.6) is 0 Å². The Bertz CT molecular complexity index is 2920. The van der Waals surface area contributed by atoms with Gasteiger partial charge in [0.05, 0.1) is 13.7 Å². The van der Waals surface area contributed by atoms with Crippen molar-refractivity contribution in [1.82, 2.24) is 18.5 Å². The van der Waals surface area contributed by atoms with Crippen molar-refractivity contribution in [3.05, 3.63) is 192 Å². The van der Waals surface area contributed by atoms with Crippen LogP contribution in [0.25, 0.3) is 38.8 Å². The van der Waals surface area contributed by atoms with Crippen LogP contribution in [0.2, 0.25) is 0 Å². The van der Waals surface area contributed by atoms with Gasteiger partial charge in [-0.3, -0.25) is 0 Å². The van der Waals surface area contributed by atoms with Crippen LogP contribution in [-0.2, 0) is 37.3 Å². The van der Waals surface area contributed by atoms with E-state index in [2.05, 4.69) is 205 Å². The number of benzene rings is 6. The first-order valence-corrected chi connectivity index (χ1v) is 20.2. The van der Waals surface area contributed by atoms with Crippen molar-refractivity contribution < 1.29 is 21.1 Å². The monoisotopic (exact) mass is 934 g/mol. The summed E-state index contributed by atoms with van der Waals surface area (Å²) in [5.41, 5.74) is 15.4. The van der Waals surface area contributed by atoms with Gasteiger partial charge in [0.1, 0.15) is 5.82 Å². The Morgan fingerprint density at radius 3 is 1.98 bits per heavy atom. The molecule has 0 saturated carbocycles. The van der Waals surface area contributed by atoms with E-state index < -0.39 is 5.41 Å². The molecule has 58 heavy (non-hydrogen) atoms. The van der Waals surface area contributed by atoms with Crippen molar-refractivity contribution >= 4 is 38.9 Å². The summed E-state index contributed by atoms with van der Waals surface area (Å²) in [6, 6.07) is 58.0. The van der Waals surface area contributed by atoms with Crippen LogP contribution in [0, 0.1) is 18.8 Å². The number of pyridine rings is 1. The minimum absolute atomic E-state index is 0. The quantitative estimate of drug-likeness (QED) is 0.127. The van der Waals surface area contributed by atoms with Crippen LogP contribution in [0.15, 0.2) is 140 Å². The molecule has 3 aliphatic heterocycles. The van der Waals surface area contributed by atoms with Crippen molar-refractivity contribution in [2.75, 3.05) is 13.7 Å². The number of para-hydroxylation sites is 1. The van der Waals surface area contributed by atoms with E-state index >= 15 is 0 Å². The standard InChI is InChI=1S/C53H47N4.Pt/c1-51(2,3)35-24-26-48-49(31-35)56(7)33-57(48,34-56)39-16-14-15-37(29-39)53(44-20-11-8-17-40(44)41-18-9-12-21-45(41)53)38-23-25-43-42-19-10-13-22-46(42)55(47(43)30-38)50-32-36(27-28-54-50)52(4,5)6;/h8-28,31-33H,34H2,1-7H3;/q-1;/t56-,57+;/m0./s1. The molecule has 6 aromatic carbocycles. The van der Waals surface area contributed by atoms with Crippen LogP contribution >= 0.6 is 0 Å². The molecule has 1 aliphatic carbocycles. The molecule has 0 radical (unpaired) electrons. The zero-order chi connectivity index (χ0) is 39.1. The average molecular weight is 935 g/mol. The van der Waals surface area contributed by atoms with Gasteiger partial charge in [-0.05, 0) is 67.8 Å². The van der Waals surface area contributed by atoms with Crippen molar-refractivity contribution in [3.63, 3.8) is 0 Å². The van der Waals surface area contributed by atoms with Gasteiger partial charge in [-0.2, -0.15) is 30.3 Å². The fourth-order valence-corrected chi connectivity index (χ4v) is 10.4. The summed E-state index contributed by atoms with van der Waals surface area (Å²) in [6.45, 7) is 17.1. The molecule has 1 saturated heterocycles.